The van der Waals surface area contributed by atoms with Crippen LogP contribution in [0.3, 0.4) is 0 Å². The molecular formula is C60H51BN4S. The SMILES string of the molecule is CC(C)(C)c1ccc(N2c3cc(N(c4ccccc4)c4ccccc4)cc4c3B(c3cc5c(cc3N4c3ccccc3)c3ccccc3n5-c3ccccc3)c3scc(C(C)(C)C)c32)cc1. The third-order valence-electron chi connectivity index (χ3n) is 13.7. The van der Waals surface area contributed by atoms with Crippen LogP contribution in [0, 0.1) is 0 Å². The zero-order valence-electron chi connectivity index (χ0n) is 38.3. The summed E-state index contributed by atoms with van der Waals surface area (Å²) in [6, 6.07) is 71.8. The number of rotatable bonds is 6. The first-order valence-corrected chi connectivity index (χ1v) is 24.0. The molecule has 0 saturated heterocycles. The minimum atomic E-state index is -0.122. The van der Waals surface area contributed by atoms with Crippen LogP contribution in [-0.2, 0) is 10.8 Å². The Bertz CT molecular complexity index is 3400. The standard InChI is InChI=1S/C60H51BN4S/c1-59(2,3)40-31-33-45(34-32-40)65-55-36-46(62(41-21-11-7-12-22-41)42-23-13-8-14-24-42)35-54-56(55)61(58-57(65)49(39-66-58)60(4,5)6)50-38-52-48(37-53(50)64(54)44-27-17-10-18-28-44)47-29-19-20-30-51(47)63(52)43-25-15-9-16-26-43/h7-39H,1-6H3. The van der Waals surface area contributed by atoms with Gasteiger partial charge in [-0.05, 0) is 129 Å². The maximum atomic E-state index is 2.61. The van der Waals surface area contributed by atoms with E-state index >= 15 is 0 Å². The van der Waals surface area contributed by atoms with Crippen molar-refractivity contribution in [3.63, 3.8) is 0 Å². The summed E-state index contributed by atoms with van der Waals surface area (Å²) in [5.74, 6) is 0. The monoisotopic (exact) mass is 870 g/mol. The molecule has 320 valence electrons. The van der Waals surface area contributed by atoms with Crippen molar-refractivity contribution in [3.8, 4) is 5.69 Å². The second kappa shape index (κ2) is 15.2. The molecule has 0 N–H and O–H groups in total. The molecule has 0 saturated carbocycles. The minimum Gasteiger partial charge on any atom is -0.311 e. The van der Waals surface area contributed by atoms with Gasteiger partial charge in [0.05, 0.1) is 22.4 Å². The van der Waals surface area contributed by atoms with E-state index in [1.165, 1.54) is 71.4 Å². The summed E-state index contributed by atoms with van der Waals surface area (Å²) in [6.07, 6.45) is 0. The molecule has 4 nitrogen and oxygen atoms in total. The van der Waals surface area contributed by atoms with Gasteiger partial charge in [-0.2, -0.15) is 11.3 Å². The molecule has 10 aromatic rings. The average Bonchev–Trinajstić information content (AvgIpc) is 3.92. The Balaban J connectivity index is 1.24. The minimum absolute atomic E-state index is 0.0219. The molecule has 0 atom stereocenters. The highest BCUT2D eigenvalue weighted by atomic mass is 32.1. The van der Waals surface area contributed by atoms with Crippen molar-refractivity contribution in [2.75, 3.05) is 14.7 Å². The molecular weight excluding hydrogens is 820 g/mol. The number of fused-ring (bicyclic) bond motifs is 7. The van der Waals surface area contributed by atoms with Crippen LogP contribution in [-0.4, -0.2) is 11.3 Å². The largest absolute Gasteiger partial charge is 0.311 e. The van der Waals surface area contributed by atoms with Crippen molar-refractivity contribution >= 4 is 107 Å². The van der Waals surface area contributed by atoms with Crippen LogP contribution in [0.25, 0.3) is 27.5 Å². The molecule has 2 aromatic heterocycles. The van der Waals surface area contributed by atoms with Gasteiger partial charge in [0.15, 0.2) is 0 Å². The fourth-order valence-corrected chi connectivity index (χ4v) is 12.0. The van der Waals surface area contributed by atoms with Gasteiger partial charge in [-0.25, -0.2) is 0 Å². The number of hydrogen-bond donors (Lipinski definition) is 0. The Morgan fingerprint density at radius 2 is 1.00 bits per heavy atom. The molecule has 0 spiro atoms. The molecule has 6 heteroatoms. The smallest absolute Gasteiger partial charge is 0.264 e. The van der Waals surface area contributed by atoms with Crippen LogP contribution in [0.2, 0.25) is 0 Å². The van der Waals surface area contributed by atoms with Gasteiger partial charge in [0, 0.05) is 61.0 Å². The zero-order valence-corrected chi connectivity index (χ0v) is 39.1. The summed E-state index contributed by atoms with van der Waals surface area (Å²) in [6.45, 7) is 14.0. The van der Waals surface area contributed by atoms with Crippen molar-refractivity contribution in [2.45, 2.75) is 52.4 Å². The molecule has 8 aromatic carbocycles. The van der Waals surface area contributed by atoms with Gasteiger partial charge in [-0.15, -0.1) is 0 Å². The number of aromatic nitrogens is 1. The second-order valence-electron chi connectivity index (χ2n) is 19.9. The van der Waals surface area contributed by atoms with Crippen LogP contribution in [0.4, 0.5) is 51.2 Å². The van der Waals surface area contributed by atoms with E-state index in [0.717, 1.165) is 34.1 Å². The summed E-state index contributed by atoms with van der Waals surface area (Å²) < 4.78 is 3.84. The highest BCUT2D eigenvalue weighted by molar-refractivity contribution is 7.28. The first kappa shape index (κ1) is 40.3. The predicted octanol–water partition coefficient (Wildman–Crippen LogP) is 15.0. The summed E-state index contributed by atoms with van der Waals surface area (Å²) in [5.41, 5.74) is 19.2. The van der Waals surface area contributed by atoms with Gasteiger partial charge in [0.2, 0.25) is 0 Å². The third-order valence-corrected chi connectivity index (χ3v) is 14.7. The lowest BCUT2D eigenvalue weighted by atomic mass is 9.36. The van der Waals surface area contributed by atoms with Gasteiger partial charge >= 0.3 is 0 Å². The quantitative estimate of drug-likeness (QED) is 0.155. The highest BCUT2D eigenvalue weighted by Gasteiger charge is 2.47. The lowest BCUT2D eigenvalue weighted by molar-refractivity contribution is 0.590. The summed E-state index contributed by atoms with van der Waals surface area (Å²) in [4.78, 5) is 7.59. The van der Waals surface area contributed by atoms with E-state index in [-0.39, 0.29) is 17.5 Å². The van der Waals surface area contributed by atoms with E-state index in [0.29, 0.717) is 0 Å². The number of thiophene rings is 1. The Kier molecular flexibility index (Phi) is 9.24. The molecule has 0 aliphatic carbocycles. The van der Waals surface area contributed by atoms with Crippen molar-refractivity contribution in [1.29, 1.82) is 0 Å². The van der Waals surface area contributed by atoms with Crippen LogP contribution >= 0.6 is 11.3 Å². The van der Waals surface area contributed by atoms with Crippen LogP contribution < -0.4 is 30.4 Å². The first-order valence-electron chi connectivity index (χ1n) is 23.1. The lowest BCUT2D eigenvalue weighted by Crippen LogP contribution is -2.60. The normalized spacial score (nSPS) is 13.2. The van der Waals surface area contributed by atoms with Crippen molar-refractivity contribution in [3.05, 3.63) is 211 Å². The molecule has 0 unspecified atom stereocenters. The van der Waals surface area contributed by atoms with Gasteiger partial charge in [-0.1, -0.05) is 145 Å². The van der Waals surface area contributed by atoms with Crippen LogP contribution in [0.15, 0.2) is 200 Å². The molecule has 4 heterocycles. The van der Waals surface area contributed by atoms with Crippen molar-refractivity contribution in [2.24, 2.45) is 0 Å². The predicted molar refractivity (Wildman–Crippen MR) is 285 cm³/mol. The van der Waals surface area contributed by atoms with Gasteiger partial charge in [-0.3, -0.25) is 0 Å². The zero-order chi connectivity index (χ0) is 44.9. The Hall–Kier alpha value is -7.28. The highest BCUT2D eigenvalue weighted by Crippen LogP contribution is 2.51. The van der Waals surface area contributed by atoms with E-state index in [1.54, 1.807) is 0 Å². The number of nitrogens with zero attached hydrogens (tertiary/aromatic N) is 4. The lowest BCUT2D eigenvalue weighted by Gasteiger charge is -2.45. The van der Waals surface area contributed by atoms with Crippen LogP contribution in [0.1, 0.15) is 52.7 Å². The fraction of sp³-hybridized carbons (Fsp3) is 0.133. The van der Waals surface area contributed by atoms with Gasteiger partial charge in [0.25, 0.3) is 6.71 Å². The summed E-state index contributed by atoms with van der Waals surface area (Å²) >= 11 is 1.92. The van der Waals surface area contributed by atoms with E-state index in [1.807, 2.05) is 11.3 Å². The Labute approximate surface area is 392 Å². The third kappa shape index (κ3) is 6.34. The van der Waals surface area contributed by atoms with Crippen LogP contribution in [0.5, 0.6) is 0 Å². The summed E-state index contributed by atoms with van der Waals surface area (Å²) in [7, 11) is 0. The van der Waals surface area contributed by atoms with E-state index in [9.17, 15) is 0 Å². The molecule has 12 rings (SSSR count). The number of hydrogen-bond acceptors (Lipinski definition) is 4. The maximum absolute atomic E-state index is 2.61. The molecule has 2 aliphatic heterocycles. The second-order valence-corrected chi connectivity index (χ2v) is 20.8. The fourth-order valence-electron chi connectivity index (χ4n) is 10.6. The van der Waals surface area contributed by atoms with Crippen molar-refractivity contribution in [1.82, 2.24) is 4.57 Å². The number of anilines is 9. The topological polar surface area (TPSA) is 14.7 Å². The number of benzene rings is 8. The first-order chi connectivity index (χ1) is 32.0. The summed E-state index contributed by atoms with van der Waals surface area (Å²) in [5, 5.41) is 4.94. The molecule has 0 fully saturated rings. The molecule has 2 aliphatic rings. The maximum Gasteiger partial charge on any atom is 0.264 e. The van der Waals surface area contributed by atoms with Gasteiger partial charge < -0.3 is 19.3 Å². The molecule has 66 heavy (non-hydrogen) atoms. The van der Waals surface area contributed by atoms with E-state index in [4.69, 9.17) is 0 Å². The molecule has 0 amide bonds. The number of para-hydroxylation sites is 5. The van der Waals surface area contributed by atoms with Crippen molar-refractivity contribution < 1.29 is 0 Å². The van der Waals surface area contributed by atoms with E-state index < -0.39 is 0 Å². The molecule has 0 radical (unpaired) electrons. The Morgan fingerprint density at radius 1 is 0.455 bits per heavy atom. The Morgan fingerprint density at radius 3 is 1.61 bits per heavy atom. The van der Waals surface area contributed by atoms with E-state index in [2.05, 4.69) is 260 Å². The average molecular weight is 871 g/mol. The van der Waals surface area contributed by atoms with Gasteiger partial charge in [0.1, 0.15) is 0 Å². The molecule has 0 bridgehead atoms.